The number of halogens is 2. The van der Waals surface area contributed by atoms with Crippen molar-refractivity contribution in [3.05, 3.63) is 53.3 Å². The van der Waals surface area contributed by atoms with Gasteiger partial charge in [-0.15, -0.1) is 0 Å². The van der Waals surface area contributed by atoms with Crippen LogP contribution in [0.5, 0.6) is 5.75 Å². The molecule has 1 aliphatic heterocycles. The summed E-state index contributed by atoms with van der Waals surface area (Å²) in [5, 5.41) is 12.7. The average molecular weight is 378 g/mol. The summed E-state index contributed by atoms with van der Waals surface area (Å²) in [4.78, 5) is 16.7. The Hall–Kier alpha value is -2.31. The molecule has 7 heteroatoms. The number of phenolic OH excluding ortho intramolecular Hbond substituents is 1. The van der Waals surface area contributed by atoms with Gasteiger partial charge >= 0.3 is 0 Å². The third kappa shape index (κ3) is 4.08. The first-order chi connectivity index (χ1) is 12.5. The molecule has 0 unspecified atom stereocenters. The highest BCUT2D eigenvalue weighted by Crippen LogP contribution is 2.27. The van der Waals surface area contributed by atoms with Gasteiger partial charge in [-0.2, -0.15) is 0 Å². The Morgan fingerprint density at radius 2 is 1.88 bits per heavy atom. The second kappa shape index (κ2) is 7.93. The van der Waals surface area contributed by atoms with Gasteiger partial charge in [0.2, 0.25) is 5.91 Å². The van der Waals surface area contributed by atoms with Gasteiger partial charge in [-0.3, -0.25) is 9.69 Å². The van der Waals surface area contributed by atoms with Gasteiger partial charge in [-0.1, -0.05) is 23.7 Å². The lowest BCUT2D eigenvalue weighted by Crippen LogP contribution is -2.52. The molecule has 1 saturated heterocycles. The van der Waals surface area contributed by atoms with Crippen LogP contribution in [0.15, 0.2) is 42.5 Å². The summed E-state index contributed by atoms with van der Waals surface area (Å²) in [6.07, 6.45) is 0. The lowest BCUT2D eigenvalue weighted by molar-refractivity contribution is -0.120. The van der Waals surface area contributed by atoms with E-state index < -0.39 is 5.82 Å². The minimum absolute atomic E-state index is 0.0215. The second-order valence-corrected chi connectivity index (χ2v) is 6.71. The van der Waals surface area contributed by atoms with Gasteiger partial charge in [0.25, 0.3) is 0 Å². The van der Waals surface area contributed by atoms with Crippen LogP contribution in [-0.4, -0.2) is 48.1 Å². The fraction of sp³-hybridized carbons (Fsp3) is 0.316. The highest BCUT2D eigenvalue weighted by molar-refractivity contribution is 6.31. The van der Waals surface area contributed by atoms with Crippen molar-refractivity contribution in [3.8, 4) is 5.75 Å². The Morgan fingerprint density at radius 1 is 1.19 bits per heavy atom. The van der Waals surface area contributed by atoms with E-state index in [1.165, 1.54) is 18.2 Å². The molecular formula is C19H21ClFN3O2. The molecule has 138 valence electrons. The molecule has 2 aromatic rings. The molecule has 1 fully saturated rings. The van der Waals surface area contributed by atoms with E-state index in [-0.39, 0.29) is 22.7 Å². The number of hydrogen-bond acceptors (Lipinski definition) is 4. The normalized spacial score (nSPS) is 16.3. The van der Waals surface area contributed by atoms with Crippen LogP contribution in [0.2, 0.25) is 5.02 Å². The fourth-order valence-electron chi connectivity index (χ4n) is 3.07. The van der Waals surface area contributed by atoms with Crippen LogP contribution in [0.3, 0.4) is 0 Å². The molecule has 5 nitrogen and oxygen atoms in total. The zero-order valence-electron chi connectivity index (χ0n) is 14.5. The maximum absolute atomic E-state index is 13.2. The number of nitrogens with zero attached hydrogens (tertiary/aromatic N) is 2. The first-order valence-electron chi connectivity index (χ1n) is 8.48. The Labute approximate surface area is 157 Å². The van der Waals surface area contributed by atoms with E-state index in [2.05, 4.69) is 15.1 Å². The Kier molecular flexibility index (Phi) is 5.64. The van der Waals surface area contributed by atoms with Crippen molar-refractivity contribution in [2.24, 2.45) is 0 Å². The molecule has 0 aromatic heterocycles. The quantitative estimate of drug-likeness (QED) is 0.858. The van der Waals surface area contributed by atoms with Crippen molar-refractivity contribution in [3.63, 3.8) is 0 Å². The van der Waals surface area contributed by atoms with E-state index in [0.717, 1.165) is 18.8 Å². The van der Waals surface area contributed by atoms with Gasteiger partial charge < -0.3 is 15.3 Å². The molecule has 1 heterocycles. The lowest BCUT2D eigenvalue weighted by atomic mass is 10.2. The molecule has 0 saturated carbocycles. The van der Waals surface area contributed by atoms with Crippen LogP contribution in [0.1, 0.15) is 6.92 Å². The molecule has 3 rings (SSSR count). The minimum atomic E-state index is -0.516. The predicted molar refractivity (Wildman–Crippen MR) is 101 cm³/mol. The van der Waals surface area contributed by atoms with E-state index in [4.69, 9.17) is 11.6 Å². The molecule has 1 atom stereocenters. The molecule has 2 aromatic carbocycles. The van der Waals surface area contributed by atoms with Crippen LogP contribution in [0.25, 0.3) is 0 Å². The van der Waals surface area contributed by atoms with Gasteiger partial charge in [-0.05, 0) is 37.3 Å². The summed E-state index contributed by atoms with van der Waals surface area (Å²) >= 11 is 5.75. The Morgan fingerprint density at radius 3 is 2.54 bits per heavy atom. The third-order valence-corrected chi connectivity index (χ3v) is 4.94. The van der Waals surface area contributed by atoms with Gasteiger partial charge in [-0.25, -0.2) is 4.39 Å². The van der Waals surface area contributed by atoms with E-state index in [1.807, 2.05) is 19.1 Å². The summed E-state index contributed by atoms with van der Waals surface area (Å²) in [6.45, 7) is 4.69. The largest absolute Gasteiger partial charge is 0.506 e. The molecule has 1 amide bonds. The average Bonchev–Trinajstić information content (AvgIpc) is 2.65. The molecule has 0 aliphatic carbocycles. The van der Waals surface area contributed by atoms with Gasteiger partial charge in [0.1, 0.15) is 11.6 Å². The lowest BCUT2D eigenvalue weighted by Gasteiger charge is -2.38. The Bertz CT molecular complexity index is 794. The molecule has 2 N–H and O–H groups in total. The monoisotopic (exact) mass is 377 g/mol. The summed E-state index contributed by atoms with van der Waals surface area (Å²) < 4.78 is 13.2. The fourth-order valence-corrected chi connectivity index (χ4v) is 3.25. The van der Waals surface area contributed by atoms with E-state index in [9.17, 15) is 14.3 Å². The molecule has 0 spiro atoms. The van der Waals surface area contributed by atoms with Crippen molar-refractivity contribution < 1.29 is 14.3 Å². The van der Waals surface area contributed by atoms with Crippen LogP contribution in [0.4, 0.5) is 15.8 Å². The van der Waals surface area contributed by atoms with Crippen LogP contribution in [0, 0.1) is 5.82 Å². The number of rotatable bonds is 4. The second-order valence-electron chi connectivity index (χ2n) is 6.31. The molecule has 26 heavy (non-hydrogen) atoms. The number of para-hydroxylation sites is 2. The number of carbonyl (C=O) groups is 1. The molecule has 1 aliphatic rings. The van der Waals surface area contributed by atoms with Crippen molar-refractivity contribution in [2.45, 2.75) is 13.0 Å². The summed E-state index contributed by atoms with van der Waals surface area (Å²) in [6, 6.07) is 11.0. The van der Waals surface area contributed by atoms with Gasteiger partial charge in [0.05, 0.1) is 16.8 Å². The van der Waals surface area contributed by atoms with E-state index in [0.29, 0.717) is 18.8 Å². The first-order valence-corrected chi connectivity index (χ1v) is 8.86. The Balaban J connectivity index is 1.57. The zero-order valence-corrected chi connectivity index (χ0v) is 15.2. The van der Waals surface area contributed by atoms with Crippen molar-refractivity contribution in [1.29, 1.82) is 0 Å². The molecule has 0 bridgehead atoms. The first kappa shape index (κ1) is 18.5. The van der Waals surface area contributed by atoms with E-state index >= 15 is 0 Å². The third-order valence-electron chi connectivity index (χ3n) is 4.65. The highest BCUT2D eigenvalue weighted by Gasteiger charge is 2.26. The zero-order chi connectivity index (χ0) is 18.7. The van der Waals surface area contributed by atoms with Crippen LogP contribution >= 0.6 is 11.6 Å². The van der Waals surface area contributed by atoms with E-state index in [1.54, 1.807) is 12.1 Å². The number of carbonyl (C=O) groups excluding carboxylic acids is 1. The predicted octanol–water partition coefficient (Wildman–Crippen LogP) is 3.33. The number of benzene rings is 2. The number of phenols is 1. The molecular weight excluding hydrogens is 357 g/mol. The molecule has 0 radical (unpaired) electrons. The van der Waals surface area contributed by atoms with Crippen LogP contribution in [-0.2, 0) is 4.79 Å². The maximum atomic E-state index is 13.2. The van der Waals surface area contributed by atoms with Crippen molar-refractivity contribution >= 4 is 28.9 Å². The summed E-state index contributed by atoms with van der Waals surface area (Å²) in [5.74, 6) is -0.415. The SMILES string of the molecule is C[C@@H](C(=O)Nc1ccc(F)c(Cl)c1)N1CCN(c2ccccc2O)CC1. The summed E-state index contributed by atoms with van der Waals surface area (Å²) in [5.41, 5.74) is 1.28. The van der Waals surface area contributed by atoms with Crippen molar-refractivity contribution in [2.75, 3.05) is 36.4 Å². The maximum Gasteiger partial charge on any atom is 0.241 e. The number of hydrogen-bond donors (Lipinski definition) is 2. The van der Waals surface area contributed by atoms with Gasteiger partial charge in [0, 0.05) is 31.9 Å². The number of aromatic hydroxyl groups is 1. The smallest absolute Gasteiger partial charge is 0.241 e. The number of amides is 1. The highest BCUT2D eigenvalue weighted by atomic mass is 35.5. The van der Waals surface area contributed by atoms with Crippen molar-refractivity contribution in [1.82, 2.24) is 4.90 Å². The minimum Gasteiger partial charge on any atom is -0.506 e. The topological polar surface area (TPSA) is 55.8 Å². The number of nitrogens with one attached hydrogen (secondary N) is 1. The van der Waals surface area contributed by atoms with Crippen LogP contribution < -0.4 is 10.2 Å². The number of piperazine rings is 1. The standard InChI is InChI=1S/C19H21ClFN3O2/c1-13(19(26)22-14-6-7-16(21)15(20)12-14)23-8-10-24(11-9-23)17-4-2-3-5-18(17)25/h2-7,12-13,25H,8-11H2,1H3,(H,22,26)/t13-/m0/s1. The number of anilines is 2. The summed E-state index contributed by atoms with van der Waals surface area (Å²) in [7, 11) is 0. The van der Waals surface area contributed by atoms with Gasteiger partial charge in [0.15, 0.2) is 0 Å².